The molecule has 1 saturated carbocycles. The lowest BCUT2D eigenvalue weighted by Crippen LogP contribution is -2.60. The van der Waals surface area contributed by atoms with Crippen molar-refractivity contribution in [3.8, 4) is 17.0 Å². The monoisotopic (exact) mass is 545 g/mol. The van der Waals surface area contributed by atoms with Crippen molar-refractivity contribution in [2.24, 2.45) is 0 Å². The van der Waals surface area contributed by atoms with Crippen molar-refractivity contribution in [2.45, 2.75) is 44.8 Å². The maximum atomic E-state index is 11.3. The van der Waals surface area contributed by atoms with Crippen LogP contribution < -0.4 is 9.64 Å². The highest BCUT2D eigenvalue weighted by Gasteiger charge is 2.44. The van der Waals surface area contributed by atoms with Crippen LogP contribution in [0.1, 0.15) is 57.1 Å². The number of halogens is 1. The number of carboxylic acids is 1. The van der Waals surface area contributed by atoms with Crippen molar-refractivity contribution in [3.63, 3.8) is 0 Å². The molecular formula is C30H28ClN3O5. The number of ether oxygens (including phenoxy) is 1. The third-order valence-corrected chi connectivity index (χ3v) is 7.84. The molecule has 1 saturated heterocycles. The van der Waals surface area contributed by atoms with Crippen molar-refractivity contribution in [1.29, 1.82) is 0 Å². The molecule has 2 aromatic heterocycles. The summed E-state index contributed by atoms with van der Waals surface area (Å²) in [6.45, 7) is 4.87. The summed E-state index contributed by atoms with van der Waals surface area (Å²) in [4.78, 5) is 17.4. The highest BCUT2D eigenvalue weighted by molar-refractivity contribution is 6.33. The van der Waals surface area contributed by atoms with Crippen LogP contribution in [0.4, 0.5) is 5.82 Å². The molecule has 200 valence electrons. The molecule has 1 aliphatic carbocycles. The number of carbonyl (C=O) groups is 1. The number of carboxylic acid groups (broad SMARTS) is 1. The molecule has 8 nitrogen and oxygen atoms in total. The molecular weight excluding hydrogens is 518 g/mol. The van der Waals surface area contributed by atoms with Crippen LogP contribution in [0.2, 0.25) is 5.02 Å². The van der Waals surface area contributed by atoms with E-state index >= 15 is 0 Å². The smallest absolute Gasteiger partial charge is 0.335 e. The molecule has 2 aromatic carbocycles. The molecule has 4 aromatic rings. The Morgan fingerprint density at radius 2 is 1.95 bits per heavy atom. The van der Waals surface area contributed by atoms with Crippen LogP contribution in [0.15, 0.2) is 59.3 Å². The van der Waals surface area contributed by atoms with Crippen LogP contribution in [-0.2, 0) is 12.2 Å². The van der Waals surface area contributed by atoms with E-state index in [1.807, 2.05) is 55.1 Å². The zero-order chi connectivity index (χ0) is 27.3. The minimum atomic E-state index is -1.06. The standard InChI is InChI=1S/C30H28ClN3O5/c1-17-4-3-5-24(31)26(17)27-22(28(39-33-27)19-6-7-19)14-38-21-8-9-23(18(2)12-21)30(37)15-34(16-30)25-13-20(29(35)36)10-11-32-25/h3-5,8-13,19,37H,6-7,14-16H2,1-2H3,(H,35,36). The summed E-state index contributed by atoms with van der Waals surface area (Å²) in [6.07, 6.45) is 3.61. The summed E-state index contributed by atoms with van der Waals surface area (Å²) < 4.78 is 12.0. The molecule has 0 radical (unpaired) electrons. The normalized spacial score (nSPS) is 16.2. The molecule has 0 atom stereocenters. The number of aromatic carboxylic acids is 1. The molecule has 0 bridgehead atoms. The zero-order valence-corrected chi connectivity index (χ0v) is 22.4. The van der Waals surface area contributed by atoms with E-state index in [9.17, 15) is 15.0 Å². The van der Waals surface area contributed by atoms with E-state index < -0.39 is 11.6 Å². The van der Waals surface area contributed by atoms with Gasteiger partial charge in [-0.05, 0) is 73.7 Å². The number of aliphatic hydroxyl groups is 1. The predicted octanol–water partition coefficient (Wildman–Crippen LogP) is 5.87. The van der Waals surface area contributed by atoms with Gasteiger partial charge in [0.05, 0.1) is 29.2 Å². The Bertz CT molecular complexity index is 1550. The summed E-state index contributed by atoms with van der Waals surface area (Å²) in [7, 11) is 0. The van der Waals surface area contributed by atoms with Crippen molar-refractivity contribution in [3.05, 3.63) is 93.3 Å². The van der Waals surface area contributed by atoms with Gasteiger partial charge in [-0.3, -0.25) is 0 Å². The topological polar surface area (TPSA) is 109 Å². The number of pyridine rings is 1. The summed E-state index contributed by atoms with van der Waals surface area (Å²) in [5.41, 5.74) is 4.32. The maximum absolute atomic E-state index is 11.3. The molecule has 2 fully saturated rings. The number of β-amino-alcohol motifs (C(OH)–C–C–N with tert-alkyl or cyclic N) is 1. The van der Waals surface area contributed by atoms with Crippen molar-refractivity contribution in [1.82, 2.24) is 10.1 Å². The lowest BCUT2D eigenvalue weighted by atomic mass is 9.83. The third kappa shape index (κ3) is 4.75. The Balaban J connectivity index is 1.19. The molecule has 2 aliphatic rings. The van der Waals surface area contributed by atoms with Gasteiger partial charge in [-0.2, -0.15) is 0 Å². The average molecular weight is 546 g/mol. The molecule has 0 amide bonds. The zero-order valence-electron chi connectivity index (χ0n) is 21.6. The fraction of sp³-hybridized carbons (Fsp3) is 0.300. The van der Waals surface area contributed by atoms with Gasteiger partial charge in [0.2, 0.25) is 0 Å². The van der Waals surface area contributed by atoms with Gasteiger partial charge in [-0.1, -0.05) is 35.0 Å². The van der Waals surface area contributed by atoms with E-state index in [0.29, 0.717) is 35.6 Å². The molecule has 6 rings (SSSR count). The van der Waals surface area contributed by atoms with E-state index in [0.717, 1.165) is 52.1 Å². The van der Waals surface area contributed by atoms with Crippen LogP contribution >= 0.6 is 11.6 Å². The third-order valence-electron chi connectivity index (χ3n) is 7.53. The summed E-state index contributed by atoms with van der Waals surface area (Å²) in [5, 5.41) is 25.6. The summed E-state index contributed by atoms with van der Waals surface area (Å²) in [6, 6.07) is 14.4. The number of anilines is 1. The van der Waals surface area contributed by atoms with E-state index in [1.165, 1.54) is 18.3 Å². The minimum Gasteiger partial charge on any atom is -0.489 e. The first kappa shape index (κ1) is 25.4. The fourth-order valence-electron chi connectivity index (χ4n) is 5.30. The first-order valence-corrected chi connectivity index (χ1v) is 13.3. The lowest BCUT2D eigenvalue weighted by Gasteiger charge is -2.48. The van der Waals surface area contributed by atoms with E-state index in [4.69, 9.17) is 20.9 Å². The number of hydrogen-bond acceptors (Lipinski definition) is 7. The van der Waals surface area contributed by atoms with Gasteiger partial charge in [0.1, 0.15) is 35.2 Å². The van der Waals surface area contributed by atoms with Crippen molar-refractivity contribution < 1.29 is 24.3 Å². The second-order valence-electron chi connectivity index (χ2n) is 10.4. The van der Waals surface area contributed by atoms with Crippen molar-refractivity contribution >= 4 is 23.4 Å². The van der Waals surface area contributed by atoms with Gasteiger partial charge in [-0.25, -0.2) is 9.78 Å². The SMILES string of the molecule is Cc1cc(OCc2c(-c3c(C)cccc3Cl)noc2C2CC2)ccc1C1(O)CN(c2cc(C(=O)O)ccn2)C1. The highest BCUT2D eigenvalue weighted by atomic mass is 35.5. The number of aryl methyl sites for hydroxylation is 2. The predicted molar refractivity (Wildman–Crippen MR) is 146 cm³/mol. The maximum Gasteiger partial charge on any atom is 0.335 e. The molecule has 3 heterocycles. The Morgan fingerprint density at radius 1 is 1.15 bits per heavy atom. The van der Waals surface area contributed by atoms with Crippen LogP contribution in [0, 0.1) is 13.8 Å². The number of rotatable bonds is 8. The van der Waals surface area contributed by atoms with Crippen LogP contribution in [0.25, 0.3) is 11.3 Å². The van der Waals surface area contributed by atoms with Crippen molar-refractivity contribution in [2.75, 3.05) is 18.0 Å². The van der Waals surface area contributed by atoms with Gasteiger partial charge in [0.25, 0.3) is 0 Å². The molecule has 2 N–H and O–H groups in total. The number of benzene rings is 2. The number of hydrogen-bond donors (Lipinski definition) is 2. The van der Waals surface area contributed by atoms with Gasteiger partial charge in [0, 0.05) is 17.7 Å². The second-order valence-corrected chi connectivity index (χ2v) is 10.8. The number of nitrogens with zero attached hydrogens (tertiary/aromatic N) is 3. The molecule has 1 aliphatic heterocycles. The Labute approximate surface area is 230 Å². The molecule has 0 spiro atoms. The van der Waals surface area contributed by atoms with Crippen LogP contribution in [0.5, 0.6) is 5.75 Å². The van der Waals surface area contributed by atoms with E-state index in [-0.39, 0.29) is 12.2 Å². The van der Waals surface area contributed by atoms with Gasteiger partial charge in [0.15, 0.2) is 0 Å². The highest BCUT2D eigenvalue weighted by Crippen LogP contribution is 2.45. The van der Waals surface area contributed by atoms with E-state index in [1.54, 1.807) is 0 Å². The summed E-state index contributed by atoms with van der Waals surface area (Å²) >= 11 is 6.55. The minimum absolute atomic E-state index is 0.165. The fourth-order valence-corrected chi connectivity index (χ4v) is 5.61. The largest absolute Gasteiger partial charge is 0.489 e. The molecule has 9 heteroatoms. The average Bonchev–Trinajstić information content (AvgIpc) is 3.66. The van der Waals surface area contributed by atoms with E-state index in [2.05, 4.69) is 10.1 Å². The lowest BCUT2D eigenvalue weighted by molar-refractivity contribution is 0.00644. The first-order valence-electron chi connectivity index (χ1n) is 12.9. The second kappa shape index (κ2) is 9.70. The van der Waals surface area contributed by atoms with Crippen LogP contribution in [-0.4, -0.2) is 39.4 Å². The van der Waals surface area contributed by atoms with Gasteiger partial charge < -0.3 is 24.4 Å². The molecule has 39 heavy (non-hydrogen) atoms. The van der Waals surface area contributed by atoms with Gasteiger partial charge >= 0.3 is 5.97 Å². The first-order chi connectivity index (χ1) is 18.7. The number of aromatic nitrogens is 2. The molecule has 0 unspecified atom stereocenters. The summed E-state index contributed by atoms with van der Waals surface area (Å²) in [5.74, 6) is 1.42. The Hall–Kier alpha value is -3.88. The van der Waals surface area contributed by atoms with Gasteiger partial charge in [-0.15, -0.1) is 0 Å². The Morgan fingerprint density at radius 3 is 2.64 bits per heavy atom. The quantitative estimate of drug-likeness (QED) is 0.283. The van der Waals surface area contributed by atoms with Crippen LogP contribution in [0.3, 0.4) is 0 Å². The Kier molecular flexibility index (Phi) is 6.32.